The molecule has 0 spiro atoms. The number of hydrogen-bond acceptors (Lipinski definition) is 6. The Morgan fingerprint density at radius 3 is 1.18 bits per heavy atom. The minimum Gasteiger partial charge on any atom is -0.420 e. The Morgan fingerprint density at radius 1 is 0.474 bits per heavy atom. The second kappa shape index (κ2) is 31.2. The van der Waals surface area contributed by atoms with Gasteiger partial charge in [-0.05, 0) is 123 Å². The van der Waals surface area contributed by atoms with Crippen LogP contribution in [0.15, 0.2) is 0 Å². The Morgan fingerprint density at radius 2 is 0.789 bits per heavy atom. The van der Waals surface area contributed by atoms with Crippen molar-refractivity contribution in [1.29, 1.82) is 0 Å². The van der Waals surface area contributed by atoms with E-state index < -0.39 is 8.32 Å². The lowest BCUT2D eigenvalue weighted by Gasteiger charge is -2.19. The second-order valence-electron chi connectivity index (χ2n) is 11.7. The number of unbranched alkanes of at least 4 members (excludes halogenated alkanes) is 13. The summed E-state index contributed by atoms with van der Waals surface area (Å²) < 4.78 is 5.60. The minimum atomic E-state index is -1.36. The molecule has 4 N–H and O–H groups in total. The Hall–Kier alpha value is -0.313. The van der Waals surface area contributed by atoms with Crippen LogP contribution in [-0.2, 0) is 9.22 Å². The molecular formula is C31H68N4O2Si. The van der Waals surface area contributed by atoms with Crippen LogP contribution in [0.2, 0.25) is 19.1 Å². The van der Waals surface area contributed by atoms with E-state index in [9.17, 15) is 4.79 Å². The third-order valence-corrected chi connectivity index (χ3v) is 10.1. The topological polar surface area (TPSA) is 74.4 Å². The zero-order chi connectivity index (χ0) is 27.8. The van der Waals surface area contributed by atoms with Gasteiger partial charge in [0.05, 0.1) is 0 Å². The van der Waals surface area contributed by atoms with E-state index in [4.69, 9.17) is 4.43 Å². The average molecular weight is 557 g/mol. The predicted octanol–water partition coefficient (Wildman–Crippen LogP) is 6.42. The zero-order valence-electron chi connectivity index (χ0n) is 26.0. The number of hydrogen-bond donors (Lipinski definition) is 4. The summed E-state index contributed by atoms with van der Waals surface area (Å²) in [6.45, 7) is 13.7. The molecule has 6 nitrogen and oxygen atoms in total. The summed E-state index contributed by atoms with van der Waals surface area (Å²) in [6, 6.07) is 1.25. The maximum absolute atomic E-state index is 10.3. The Labute approximate surface area is 239 Å². The Bertz CT molecular complexity index is 469. The smallest absolute Gasteiger partial charge is 0.186 e. The van der Waals surface area contributed by atoms with Crippen LogP contribution in [0.5, 0.6) is 0 Å². The average Bonchev–Trinajstić information content (AvgIpc) is 2.91. The number of nitrogens with one attached hydrogen (secondary N) is 4. The van der Waals surface area contributed by atoms with Gasteiger partial charge in [0, 0.05) is 13.5 Å². The van der Waals surface area contributed by atoms with Gasteiger partial charge in [-0.3, -0.25) is 0 Å². The van der Waals surface area contributed by atoms with Crippen LogP contribution in [0.1, 0.15) is 116 Å². The molecule has 0 heterocycles. The van der Waals surface area contributed by atoms with E-state index in [0.717, 1.165) is 58.4 Å². The molecule has 0 bridgehead atoms. The first kappa shape index (κ1) is 37.7. The number of carbonyl (C=O) groups excluding carboxylic acids is 1. The first-order chi connectivity index (χ1) is 18.6. The highest BCUT2D eigenvalue weighted by molar-refractivity contribution is 6.71. The molecule has 38 heavy (non-hydrogen) atoms. The van der Waals surface area contributed by atoms with Gasteiger partial charge >= 0.3 is 0 Å². The third-order valence-electron chi connectivity index (χ3n) is 7.48. The van der Waals surface area contributed by atoms with Crippen LogP contribution in [0.4, 0.5) is 0 Å². The van der Waals surface area contributed by atoms with Crippen molar-refractivity contribution in [3.63, 3.8) is 0 Å². The normalized spacial score (nSPS) is 11.9. The summed E-state index contributed by atoms with van der Waals surface area (Å²) >= 11 is 0. The van der Waals surface area contributed by atoms with Crippen LogP contribution < -0.4 is 21.3 Å². The molecular weight excluding hydrogens is 488 g/mol. The molecule has 0 saturated carbocycles. The zero-order valence-corrected chi connectivity index (χ0v) is 27.0. The molecule has 0 atom stereocenters. The molecule has 0 rings (SSSR count). The molecule has 0 unspecified atom stereocenters. The van der Waals surface area contributed by atoms with Crippen molar-refractivity contribution >= 4 is 14.6 Å². The van der Waals surface area contributed by atoms with Gasteiger partial charge < -0.3 is 30.5 Å². The SMILES string of the molecule is CO[Si](C)(C)CCCNCCCNCCCCCNCCCCCCCCCCCCNCCCCC=O. The van der Waals surface area contributed by atoms with Gasteiger partial charge in [0.2, 0.25) is 0 Å². The van der Waals surface area contributed by atoms with Crippen molar-refractivity contribution < 1.29 is 9.22 Å². The maximum atomic E-state index is 10.3. The maximum Gasteiger partial charge on any atom is 0.186 e. The van der Waals surface area contributed by atoms with Crippen LogP contribution in [-0.4, -0.2) is 74.1 Å². The van der Waals surface area contributed by atoms with E-state index in [0.29, 0.717) is 6.42 Å². The summed E-state index contributed by atoms with van der Waals surface area (Å²) in [6.07, 6.45) is 24.1. The fourth-order valence-corrected chi connectivity index (χ4v) is 5.88. The highest BCUT2D eigenvalue weighted by Crippen LogP contribution is 2.11. The van der Waals surface area contributed by atoms with Crippen LogP contribution >= 0.6 is 0 Å². The first-order valence-corrected chi connectivity index (χ1v) is 19.6. The second-order valence-corrected chi connectivity index (χ2v) is 16.1. The molecule has 0 radical (unpaired) electrons. The van der Waals surface area contributed by atoms with Gasteiger partial charge in [-0.15, -0.1) is 0 Å². The van der Waals surface area contributed by atoms with E-state index in [1.165, 1.54) is 115 Å². The summed E-state index contributed by atoms with van der Waals surface area (Å²) in [5.74, 6) is 0. The quantitative estimate of drug-likeness (QED) is 0.0425. The molecule has 0 fully saturated rings. The molecule has 0 amide bonds. The fraction of sp³-hybridized carbons (Fsp3) is 0.968. The monoisotopic (exact) mass is 557 g/mol. The van der Waals surface area contributed by atoms with Crippen LogP contribution in [0.25, 0.3) is 0 Å². The molecule has 228 valence electrons. The Kier molecular flexibility index (Phi) is 31.0. The van der Waals surface area contributed by atoms with E-state index in [1.807, 2.05) is 7.11 Å². The minimum absolute atomic E-state index is 0.715. The number of aldehydes is 1. The molecule has 0 aromatic heterocycles. The van der Waals surface area contributed by atoms with Gasteiger partial charge in [-0.2, -0.15) is 0 Å². The van der Waals surface area contributed by atoms with Crippen LogP contribution in [0.3, 0.4) is 0 Å². The first-order valence-electron chi connectivity index (χ1n) is 16.4. The lowest BCUT2D eigenvalue weighted by atomic mass is 10.1. The van der Waals surface area contributed by atoms with Crippen molar-refractivity contribution in [2.75, 3.05) is 59.5 Å². The predicted molar refractivity (Wildman–Crippen MR) is 170 cm³/mol. The molecule has 0 saturated heterocycles. The van der Waals surface area contributed by atoms with Gasteiger partial charge in [0.1, 0.15) is 6.29 Å². The highest BCUT2D eigenvalue weighted by Gasteiger charge is 2.19. The molecule has 7 heteroatoms. The summed E-state index contributed by atoms with van der Waals surface area (Å²) in [4.78, 5) is 10.3. The third kappa shape index (κ3) is 31.9. The standard InChI is InChI=1S/C31H68N4O2Si/c1-37-38(2,3)31-21-29-35-28-20-27-34-25-17-12-16-24-32-22-14-10-8-6-4-5-7-9-11-15-23-33-26-18-13-19-30-36/h30,32-35H,4-29,31H2,1-3H3. The van der Waals surface area contributed by atoms with E-state index >= 15 is 0 Å². The lowest BCUT2D eigenvalue weighted by molar-refractivity contribution is -0.107. The summed E-state index contributed by atoms with van der Waals surface area (Å²) in [5, 5.41) is 14.3. The summed E-state index contributed by atoms with van der Waals surface area (Å²) in [7, 11) is 0.496. The fourth-order valence-electron chi connectivity index (χ4n) is 4.65. The lowest BCUT2D eigenvalue weighted by Crippen LogP contribution is -2.30. The van der Waals surface area contributed by atoms with E-state index in [-0.39, 0.29) is 0 Å². The molecule has 0 aromatic rings. The highest BCUT2D eigenvalue weighted by atomic mass is 28.4. The van der Waals surface area contributed by atoms with Gasteiger partial charge in [-0.1, -0.05) is 57.8 Å². The van der Waals surface area contributed by atoms with Crippen molar-refractivity contribution in [2.24, 2.45) is 0 Å². The molecule has 0 aromatic carbocycles. The molecule has 0 aliphatic carbocycles. The Balaban J connectivity index is 3.06. The van der Waals surface area contributed by atoms with E-state index in [1.54, 1.807) is 0 Å². The van der Waals surface area contributed by atoms with E-state index in [2.05, 4.69) is 34.4 Å². The van der Waals surface area contributed by atoms with Crippen LogP contribution in [0, 0.1) is 0 Å². The van der Waals surface area contributed by atoms with Crippen molar-refractivity contribution in [2.45, 2.75) is 135 Å². The molecule has 0 aliphatic heterocycles. The molecule has 0 aliphatic rings. The van der Waals surface area contributed by atoms with Crippen molar-refractivity contribution in [1.82, 2.24) is 21.3 Å². The van der Waals surface area contributed by atoms with Crippen molar-refractivity contribution in [3.8, 4) is 0 Å². The number of carbonyl (C=O) groups is 1. The summed E-state index contributed by atoms with van der Waals surface area (Å²) in [5.41, 5.74) is 0. The number of rotatable bonds is 33. The largest absolute Gasteiger partial charge is 0.420 e. The van der Waals surface area contributed by atoms with Crippen molar-refractivity contribution in [3.05, 3.63) is 0 Å². The van der Waals surface area contributed by atoms with Gasteiger partial charge in [-0.25, -0.2) is 0 Å². The van der Waals surface area contributed by atoms with Gasteiger partial charge in [0.15, 0.2) is 8.32 Å². The van der Waals surface area contributed by atoms with Gasteiger partial charge in [0.25, 0.3) is 0 Å².